The standard InChI is InChI=1S/C50H77N7O9/c1-12-40(55(9)10)43(59)47(63-14-3)65-45-33(5)42(58)38(27-35-21-16-15-17-22-35)46(60)64-41(13-2)50(8)44(34(6)52-30-32(4)29-49(45,7)62-11)57(48(61)66-50)26-19-18-25-56-31-39(53-54-56)36-23-20-24-37(51)28-36/h15-17,20-24,28,31-34,38,40-41,43-45,47,52,59H,12-14,18-19,25-27,29-30,51H2,1-11H3/t32-,33+,34-,38-,40?,41-,43?,44-,45-,47+,49-,50-/m1/s1. The molecular formula is C50H77N7O9. The molecule has 16 heteroatoms. The molecule has 2 aromatic carbocycles. The summed E-state index contributed by atoms with van der Waals surface area (Å²) < 4.78 is 34.0. The number of nitrogens with two attached hydrogens (primary N) is 1. The van der Waals surface area contributed by atoms with Crippen LogP contribution < -0.4 is 11.1 Å². The van der Waals surface area contributed by atoms with E-state index in [4.69, 9.17) is 29.4 Å². The van der Waals surface area contributed by atoms with E-state index in [2.05, 4.69) is 22.6 Å². The van der Waals surface area contributed by atoms with Crippen molar-refractivity contribution in [3.05, 3.63) is 66.4 Å². The van der Waals surface area contributed by atoms with Crippen LogP contribution >= 0.6 is 0 Å². The van der Waals surface area contributed by atoms with Gasteiger partial charge in [0.25, 0.3) is 0 Å². The van der Waals surface area contributed by atoms with Gasteiger partial charge in [-0.05, 0) is 110 Å². The number of amides is 1. The summed E-state index contributed by atoms with van der Waals surface area (Å²) in [5.74, 6) is -3.35. The summed E-state index contributed by atoms with van der Waals surface area (Å²) in [5.41, 5.74) is 6.64. The highest BCUT2D eigenvalue weighted by Gasteiger charge is 2.59. The van der Waals surface area contributed by atoms with Crippen LogP contribution in [0, 0.1) is 17.8 Å². The first-order chi connectivity index (χ1) is 31.4. The zero-order valence-corrected chi connectivity index (χ0v) is 41.1. The Labute approximate surface area is 392 Å². The van der Waals surface area contributed by atoms with Crippen LogP contribution in [0.5, 0.6) is 0 Å². The number of fused-ring (bicyclic) bond motifs is 1. The summed E-state index contributed by atoms with van der Waals surface area (Å²) in [6.45, 7) is 17.1. The third-order valence-electron chi connectivity index (χ3n) is 13.8. The number of aliphatic hydroxyl groups is 1. The number of ketones is 1. The molecule has 2 unspecified atom stereocenters. The second-order valence-corrected chi connectivity index (χ2v) is 19.0. The van der Waals surface area contributed by atoms with Gasteiger partial charge in [0.2, 0.25) is 0 Å². The second-order valence-electron chi connectivity index (χ2n) is 19.0. The molecule has 3 heterocycles. The number of hydrogen-bond donors (Lipinski definition) is 3. The van der Waals surface area contributed by atoms with Gasteiger partial charge in [-0.15, -0.1) is 5.10 Å². The number of carbonyl (C=O) groups excluding carboxylic acids is 3. The van der Waals surface area contributed by atoms with E-state index in [1.54, 1.807) is 23.6 Å². The predicted octanol–water partition coefficient (Wildman–Crippen LogP) is 6.14. The van der Waals surface area contributed by atoms with E-state index in [1.807, 2.05) is 121 Å². The minimum atomic E-state index is -1.28. The van der Waals surface area contributed by atoms with E-state index in [0.29, 0.717) is 57.4 Å². The molecule has 0 saturated carbocycles. The Morgan fingerprint density at radius 3 is 2.36 bits per heavy atom. The molecule has 0 radical (unpaired) electrons. The number of cyclic esters (lactones) is 1. The number of likely N-dealkylation sites (N-methyl/N-ethyl adjacent to an activating group) is 1. The summed E-state index contributed by atoms with van der Waals surface area (Å²) >= 11 is 0. The van der Waals surface area contributed by atoms with Gasteiger partial charge in [0.1, 0.15) is 23.8 Å². The van der Waals surface area contributed by atoms with Crippen molar-refractivity contribution < 1.29 is 43.2 Å². The molecule has 0 bridgehead atoms. The number of benzene rings is 2. The highest BCUT2D eigenvalue weighted by atomic mass is 16.7. The number of anilines is 1. The molecule has 0 aliphatic carbocycles. The fourth-order valence-electron chi connectivity index (χ4n) is 10.2. The highest BCUT2D eigenvalue weighted by Crippen LogP contribution is 2.40. The van der Waals surface area contributed by atoms with Crippen LogP contribution in [0.4, 0.5) is 10.5 Å². The lowest BCUT2D eigenvalue weighted by Crippen LogP contribution is -2.61. The average Bonchev–Trinajstić information content (AvgIpc) is 3.87. The molecule has 2 aliphatic rings. The van der Waals surface area contributed by atoms with Crippen molar-refractivity contribution >= 4 is 23.5 Å². The zero-order chi connectivity index (χ0) is 48.3. The van der Waals surface area contributed by atoms with Gasteiger partial charge in [0.05, 0.1) is 23.9 Å². The molecule has 1 amide bonds. The second kappa shape index (κ2) is 23.5. The molecule has 4 N–H and O–H groups in total. The number of methoxy groups -OCH3 is 1. The number of Topliss-reactive ketones (excluding diaryl/α,β-unsaturated/α-hetero) is 1. The minimum absolute atomic E-state index is 0.0471. The molecule has 66 heavy (non-hydrogen) atoms. The van der Waals surface area contributed by atoms with E-state index in [1.165, 1.54) is 0 Å². The van der Waals surface area contributed by atoms with Gasteiger partial charge in [-0.1, -0.05) is 75.4 Å². The lowest BCUT2D eigenvalue weighted by molar-refractivity contribution is -0.266. The Morgan fingerprint density at radius 2 is 1.73 bits per heavy atom. The number of aromatic nitrogens is 3. The first kappa shape index (κ1) is 52.5. The average molecular weight is 920 g/mol. The van der Waals surface area contributed by atoms with E-state index >= 15 is 4.79 Å². The van der Waals surface area contributed by atoms with Gasteiger partial charge in [-0.2, -0.15) is 0 Å². The number of carbonyl (C=O) groups is 3. The quantitative estimate of drug-likeness (QED) is 0.0433. The maximum Gasteiger partial charge on any atom is 0.410 e. The van der Waals surface area contributed by atoms with Crippen LogP contribution in [0.3, 0.4) is 0 Å². The first-order valence-electron chi connectivity index (χ1n) is 23.8. The van der Waals surface area contributed by atoms with E-state index in [-0.39, 0.29) is 31.0 Å². The third-order valence-corrected chi connectivity index (χ3v) is 13.8. The van der Waals surface area contributed by atoms with Crippen molar-refractivity contribution in [1.29, 1.82) is 0 Å². The van der Waals surface area contributed by atoms with Crippen molar-refractivity contribution in [3.8, 4) is 11.3 Å². The van der Waals surface area contributed by atoms with Crippen molar-refractivity contribution in [3.63, 3.8) is 0 Å². The van der Waals surface area contributed by atoms with Crippen LogP contribution in [-0.4, -0.2) is 143 Å². The van der Waals surface area contributed by atoms with E-state index < -0.39 is 71.5 Å². The number of rotatable bonds is 18. The lowest BCUT2D eigenvalue weighted by atomic mass is 9.77. The summed E-state index contributed by atoms with van der Waals surface area (Å²) in [7, 11) is 5.38. The topological polar surface area (TPSA) is 193 Å². The molecule has 5 rings (SSSR count). The predicted molar refractivity (Wildman–Crippen MR) is 253 cm³/mol. The maximum atomic E-state index is 15.2. The Hall–Kier alpha value is -4.45. The van der Waals surface area contributed by atoms with E-state index in [9.17, 15) is 14.7 Å². The number of nitrogens with one attached hydrogen (secondary N) is 1. The number of esters is 1. The highest BCUT2D eigenvalue weighted by molar-refractivity contribution is 6.00. The number of nitrogens with zero attached hydrogens (tertiary/aromatic N) is 5. The Balaban J connectivity index is 1.48. The van der Waals surface area contributed by atoms with Crippen LogP contribution in [-0.2, 0) is 46.2 Å². The molecule has 366 valence electrons. The molecule has 3 aromatic rings. The smallest absolute Gasteiger partial charge is 0.410 e. The molecule has 12 atom stereocenters. The molecule has 0 spiro atoms. The van der Waals surface area contributed by atoms with Crippen LogP contribution in [0.1, 0.15) is 93.1 Å². The maximum absolute atomic E-state index is 15.2. The van der Waals surface area contributed by atoms with Gasteiger partial charge in [-0.3, -0.25) is 19.2 Å². The molecular weight excluding hydrogens is 843 g/mol. The Kier molecular flexibility index (Phi) is 18.7. The van der Waals surface area contributed by atoms with Crippen LogP contribution in [0.25, 0.3) is 11.3 Å². The third kappa shape index (κ3) is 12.4. The van der Waals surface area contributed by atoms with Crippen molar-refractivity contribution in [2.45, 2.75) is 154 Å². The van der Waals surface area contributed by atoms with Gasteiger partial charge >= 0.3 is 12.1 Å². The fraction of sp³-hybridized carbons (Fsp3) is 0.660. The van der Waals surface area contributed by atoms with Crippen molar-refractivity contribution in [2.75, 3.05) is 46.6 Å². The number of ether oxygens (including phenoxy) is 5. The number of aliphatic hydroxyl groups excluding tert-OH is 1. The van der Waals surface area contributed by atoms with Crippen molar-refractivity contribution in [1.82, 2.24) is 30.1 Å². The monoisotopic (exact) mass is 920 g/mol. The lowest BCUT2D eigenvalue weighted by Gasteiger charge is -2.44. The first-order valence-corrected chi connectivity index (χ1v) is 23.8. The van der Waals surface area contributed by atoms with Gasteiger partial charge < -0.3 is 44.7 Å². The molecule has 1 aromatic heterocycles. The normalized spacial score (nSPS) is 29.4. The SMILES string of the molecule is CCO[C@@H](O[C@@H]1[C@@H](C)C(=O)[C@@H](Cc2ccccc2)C(=O)O[C@H](CC)[C@@]2(C)OC(=O)N(CCCCn3cc(-c4cccc(N)c4)nn3)[C@@H]2[C@@H](C)NC[C@H](C)C[C@@]1(C)OC)C(O)C(CC)N(C)C. The van der Waals surface area contributed by atoms with E-state index in [0.717, 1.165) is 16.8 Å². The summed E-state index contributed by atoms with van der Waals surface area (Å²) in [5, 5.41) is 24.2. The summed E-state index contributed by atoms with van der Waals surface area (Å²) in [4.78, 5) is 47.8. The number of unbranched alkanes of at least 4 members (excludes halogenated alkanes) is 1. The largest absolute Gasteiger partial charge is 0.457 e. The summed E-state index contributed by atoms with van der Waals surface area (Å²) in [6, 6.07) is 15.7. The van der Waals surface area contributed by atoms with Crippen molar-refractivity contribution in [2.24, 2.45) is 17.8 Å². The number of hydrogen-bond acceptors (Lipinski definition) is 14. The molecule has 2 aliphatic heterocycles. The number of nitrogen functional groups attached to an aromatic ring is 1. The molecule has 2 fully saturated rings. The van der Waals surface area contributed by atoms with Gasteiger partial charge in [0, 0.05) is 56.1 Å². The van der Waals surface area contributed by atoms with Gasteiger partial charge in [-0.25, -0.2) is 4.79 Å². The summed E-state index contributed by atoms with van der Waals surface area (Å²) in [6.07, 6.45) is 0.124. The fourth-order valence-corrected chi connectivity index (χ4v) is 10.2. The van der Waals surface area contributed by atoms with Crippen LogP contribution in [0.15, 0.2) is 60.8 Å². The Morgan fingerprint density at radius 1 is 1.02 bits per heavy atom. The molecule has 16 nitrogen and oxygen atoms in total. The van der Waals surface area contributed by atoms with Gasteiger partial charge in [0.15, 0.2) is 17.7 Å². The number of aryl methyl sites for hydroxylation is 1. The minimum Gasteiger partial charge on any atom is -0.457 e. The van der Waals surface area contributed by atoms with Crippen LogP contribution in [0.2, 0.25) is 0 Å². The Bertz CT molecular complexity index is 2020. The zero-order valence-electron chi connectivity index (χ0n) is 41.1. The molecule has 2 saturated heterocycles.